The van der Waals surface area contributed by atoms with Gasteiger partial charge in [0.1, 0.15) is 17.3 Å². The molecule has 0 aliphatic rings. The average Bonchev–Trinajstić information content (AvgIpc) is 2.37. The molecule has 0 spiro atoms. The second-order valence-electron chi connectivity index (χ2n) is 3.92. The molecule has 2 aromatic carbocycles. The number of hydrogen-bond acceptors (Lipinski definition) is 2. The van der Waals surface area contributed by atoms with Crippen molar-refractivity contribution >= 4 is 23.2 Å². The minimum Gasteiger partial charge on any atom is -0.455 e. The number of halogens is 3. The van der Waals surface area contributed by atoms with E-state index in [1.165, 1.54) is 18.2 Å². The number of hydrogen-bond donors (Lipinski definition) is 1. The lowest BCUT2D eigenvalue weighted by Gasteiger charge is -2.13. The van der Waals surface area contributed by atoms with Crippen LogP contribution in [0, 0.1) is 5.82 Å². The third kappa shape index (κ3) is 3.38. The van der Waals surface area contributed by atoms with Crippen LogP contribution < -0.4 is 10.1 Å². The summed E-state index contributed by atoms with van der Waals surface area (Å²) < 4.78 is 18.7. The molecule has 0 aromatic heterocycles. The van der Waals surface area contributed by atoms with Gasteiger partial charge in [0.05, 0.1) is 5.02 Å². The Bertz CT molecular complexity index is 590. The molecule has 0 bridgehead atoms. The van der Waals surface area contributed by atoms with Crippen LogP contribution in [0.15, 0.2) is 36.4 Å². The van der Waals surface area contributed by atoms with Gasteiger partial charge in [-0.05, 0) is 37.4 Å². The SMILES string of the molecule is CNCc1c(Cl)cccc1Oc1ccc(F)cc1Cl. The van der Waals surface area contributed by atoms with Crippen LogP contribution in [0.1, 0.15) is 5.56 Å². The zero-order valence-corrected chi connectivity index (χ0v) is 11.7. The Morgan fingerprint density at radius 1 is 1.11 bits per heavy atom. The Morgan fingerprint density at radius 3 is 2.58 bits per heavy atom. The molecule has 19 heavy (non-hydrogen) atoms. The van der Waals surface area contributed by atoms with Gasteiger partial charge in [0, 0.05) is 17.1 Å². The van der Waals surface area contributed by atoms with Gasteiger partial charge in [-0.3, -0.25) is 0 Å². The van der Waals surface area contributed by atoms with Crippen LogP contribution in [-0.4, -0.2) is 7.05 Å². The van der Waals surface area contributed by atoms with E-state index in [1.54, 1.807) is 18.2 Å². The van der Waals surface area contributed by atoms with E-state index >= 15 is 0 Å². The number of nitrogens with one attached hydrogen (secondary N) is 1. The predicted molar refractivity (Wildman–Crippen MR) is 75.7 cm³/mol. The van der Waals surface area contributed by atoms with Crippen molar-refractivity contribution in [3.05, 3.63) is 57.8 Å². The molecule has 0 saturated carbocycles. The Kier molecular flexibility index (Phi) is 4.64. The molecule has 0 fully saturated rings. The van der Waals surface area contributed by atoms with Gasteiger partial charge in [-0.1, -0.05) is 29.3 Å². The highest BCUT2D eigenvalue weighted by molar-refractivity contribution is 6.32. The van der Waals surface area contributed by atoms with Crippen molar-refractivity contribution in [3.63, 3.8) is 0 Å². The van der Waals surface area contributed by atoms with E-state index in [1.807, 2.05) is 7.05 Å². The minimum atomic E-state index is -0.404. The Morgan fingerprint density at radius 2 is 1.89 bits per heavy atom. The largest absolute Gasteiger partial charge is 0.455 e. The summed E-state index contributed by atoms with van der Waals surface area (Å²) in [7, 11) is 1.82. The van der Waals surface area contributed by atoms with Crippen molar-refractivity contribution < 1.29 is 9.13 Å². The van der Waals surface area contributed by atoms with Crippen LogP contribution in [0.3, 0.4) is 0 Å². The summed E-state index contributed by atoms with van der Waals surface area (Å²) in [6.07, 6.45) is 0. The molecule has 5 heteroatoms. The van der Waals surface area contributed by atoms with Gasteiger partial charge in [0.2, 0.25) is 0 Å². The summed E-state index contributed by atoms with van der Waals surface area (Å²) in [5.41, 5.74) is 0.826. The van der Waals surface area contributed by atoms with E-state index in [2.05, 4.69) is 5.32 Å². The van der Waals surface area contributed by atoms with E-state index < -0.39 is 5.82 Å². The molecule has 0 radical (unpaired) electrons. The van der Waals surface area contributed by atoms with Crippen molar-refractivity contribution in [2.45, 2.75) is 6.54 Å². The normalized spacial score (nSPS) is 10.5. The smallest absolute Gasteiger partial charge is 0.146 e. The van der Waals surface area contributed by atoms with Crippen molar-refractivity contribution in [3.8, 4) is 11.5 Å². The first-order valence-electron chi connectivity index (χ1n) is 5.66. The summed E-state index contributed by atoms with van der Waals surface area (Å²) in [5.74, 6) is 0.580. The van der Waals surface area contributed by atoms with Gasteiger partial charge in [0.25, 0.3) is 0 Å². The fourth-order valence-electron chi connectivity index (χ4n) is 1.66. The van der Waals surface area contributed by atoms with Crippen LogP contribution in [-0.2, 0) is 6.54 Å². The lowest BCUT2D eigenvalue weighted by atomic mass is 10.2. The minimum absolute atomic E-state index is 0.218. The molecule has 0 heterocycles. The predicted octanol–water partition coefficient (Wildman–Crippen LogP) is 4.64. The Labute approximate surface area is 121 Å². The van der Waals surface area contributed by atoms with E-state index in [0.717, 1.165) is 5.56 Å². The van der Waals surface area contributed by atoms with Crippen LogP contribution in [0.5, 0.6) is 11.5 Å². The highest BCUT2D eigenvalue weighted by atomic mass is 35.5. The van der Waals surface area contributed by atoms with Gasteiger partial charge in [0.15, 0.2) is 0 Å². The maximum absolute atomic E-state index is 13.0. The van der Waals surface area contributed by atoms with E-state index in [0.29, 0.717) is 23.1 Å². The van der Waals surface area contributed by atoms with Gasteiger partial charge in [-0.15, -0.1) is 0 Å². The van der Waals surface area contributed by atoms with E-state index in [4.69, 9.17) is 27.9 Å². The maximum Gasteiger partial charge on any atom is 0.146 e. The van der Waals surface area contributed by atoms with Crippen molar-refractivity contribution in [1.82, 2.24) is 5.32 Å². The van der Waals surface area contributed by atoms with Gasteiger partial charge < -0.3 is 10.1 Å². The lowest BCUT2D eigenvalue weighted by Crippen LogP contribution is -2.07. The molecule has 100 valence electrons. The quantitative estimate of drug-likeness (QED) is 0.888. The molecule has 0 atom stereocenters. The van der Waals surface area contributed by atoms with E-state index in [9.17, 15) is 4.39 Å². The Balaban J connectivity index is 2.35. The lowest BCUT2D eigenvalue weighted by molar-refractivity contribution is 0.473. The molecule has 1 N–H and O–H groups in total. The molecular formula is C14H12Cl2FNO. The van der Waals surface area contributed by atoms with Crippen molar-refractivity contribution in [1.29, 1.82) is 0 Å². The molecule has 2 aromatic rings. The molecule has 0 unspecified atom stereocenters. The molecule has 0 aliphatic carbocycles. The van der Waals surface area contributed by atoms with Gasteiger partial charge >= 0.3 is 0 Å². The molecular weight excluding hydrogens is 288 g/mol. The standard InChI is InChI=1S/C14H12Cl2FNO/c1-18-8-10-11(15)3-2-4-13(10)19-14-6-5-9(17)7-12(14)16/h2-7,18H,8H2,1H3. The molecule has 0 amide bonds. The Hall–Kier alpha value is -1.29. The molecule has 2 nitrogen and oxygen atoms in total. The van der Waals surface area contributed by atoms with E-state index in [-0.39, 0.29) is 5.02 Å². The second-order valence-corrected chi connectivity index (χ2v) is 4.74. The van der Waals surface area contributed by atoms with Crippen molar-refractivity contribution in [2.24, 2.45) is 0 Å². The van der Waals surface area contributed by atoms with Crippen LogP contribution >= 0.6 is 23.2 Å². The summed E-state index contributed by atoms with van der Waals surface area (Å²) in [4.78, 5) is 0. The summed E-state index contributed by atoms with van der Waals surface area (Å²) in [6.45, 7) is 0.563. The maximum atomic E-state index is 13.0. The summed E-state index contributed by atoms with van der Waals surface area (Å²) >= 11 is 12.1. The third-order valence-electron chi connectivity index (χ3n) is 2.54. The zero-order chi connectivity index (χ0) is 13.8. The zero-order valence-electron chi connectivity index (χ0n) is 10.2. The topological polar surface area (TPSA) is 21.3 Å². The average molecular weight is 300 g/mol. The number of ether oxygens (including phenoxy) is 1. The first kappa shape index (κ1) is 14.1. The highest BCUT2D eigenvalue weighted by Gasteiger charge is 2.10. The number of benzene rings is 2. The second kappa shape index (κ2) is 6.24. The highest BCUT2D eigenvalue weighted by Crippen LogP contribution is 2.34. The fourth-order valence-corrected chi connectivity index (χ4v) is 2.10. The van der Waals surface area contributed by atoms with Crippen molar-refractivity contribution in [2.75, 3.05) is 7.05 Å². The fraction of sp³-hybridized carbons (Fsp3) is 0.143. The molecule has 2 rings (SSSR count). The summed E-state index contributed by atoms with van der Waals surface area (Å²) in [5, 5.41) is 3.84. The molecule has 0 aliphatic heterocycles. The first-order chi connectivity index (χ1) is 9.11. The van der Waals surface area contributed by atoms with Crippen LogP contribution in [0.2, 0.25) is 10.0 Å². The van der Waals surface area contributed by atoms with Crippen LogP contribution in [0.25, 0.3) is 0 Å². The summed E-state index contributed by atoms with van der Waals surface area (Å²) in [6, 6.07) is 9.35. The van der Waals surface area contributed by atoms with Gasteiger partial charge in [-0.25, -0.2) is 4.39 Å². The van der Waals surface area contributed by atoms with Gasteiger partial charge in [-0.2, -0.15) is 0 Å². The van der Waals surface area contributed by atoms with Crippen LogP contribution in [0.4, 0.5) is 4.39 Å². The monoisotopic (exact) mass is 299 g/mol. The number of rotatable bonds is 4. The first-order valence-corrected chi connectivity index (χ1v) is 6.42. The molecule has 0 saturated heterocycles. The third-order valence-corrected chi connectivity index (χ3v) is 3.19.